The van der Waals surface area contributed by atoms with Crippen LogP contribution < -0.4 is 0 Å². The van der Waals surface area contributed by atoms with E-state index < -0.39 is 5.97 Å². The lowest BCUT2D eigenvalue weighted by molar-refractivity contribution is -0.132. The quantitative estimate of drug-likeness (QED) is 0.866. The van der Waals surface area contributed by atoms with Gasteiger partial charge in [-0.3, -0.25) is 9.48 Å². The van der Waals surface area contributed by atoms with Crippen molar-refractivity contribution in [1.29, 1.82) is 0 Å². The van der Waals surface area contributed by atoms with Crippen LogP contribution in [0.25, 0.3) is 0 Å². The third-order valence-corrected chi connectivity index (χ3v) is 3.18. The Bertz CT molecular complexity index is 461. The molecule has 0 spiro atoms. The zero-order chi connectivity index (χ0) is 13.1. The van der Waals surface area contributed by atoms with Crippen LogP contribution in [0.1, 0.15) is 35.3 Å². The van der Waals surface area contributed by atoms with Crippen LogP contribution in [0.5, 0.6) is 0 Å². The van der Waals surface area contributed by atoms with Gasteiger partial charge in [-0.2, -0.15) is 5.10 Å². The molecule has 6 heteroatoms. The lowest BCUT2D eigenvalue weighted by Gasteiger charge is -2.26. The number of carboxylic acids is 1. The van der Waals surface area contributed by atoms with Crippen LogP contribution in [0.2, 0.25) is 0 Å². The highest BCUT2D eigenvalue weighted by atomic mass is 16.4. The van der Waals surface area contributed by atoms with Gasteiger partial charge in [-0.15, -0.1) is 0 Å². The van der Waals surface area contributed by atoms with Crippen LogP contribution in [0, 0.1) is 6.92 Å². The largest absolute Gasteiger partial charge is 0.478 e. The summed E-state index contributed by atoms with van der Waals surface area (Å²) >= 11 is 0. The average molecular weight is 251 g/mol. The summed E-state index contributed by atoms with van der Waals surface area (Å²) in [7, 11) is 0. The van der Waals surface area contributed by atoms with E-state index in [9.17, 15) is 9.59 Å². The van der Waals surface area contributed by atoms with E-state index in [-0.39, 0.29) is 18.0 Å². The van der Waals surface area contributed by atoms with Gasteiger partial charge in [0, 0.05) is 19.3 Å². The fourth-order valence-corrected chi connectivity index (χ4v) is 2.19. The molecule has 1 fully saturated rings. The fraction of sp³-hybridized carbons (Fsp3) is 0.583. The highest BCUT2D eigenvalue weighted by Gasteiger charge is 2.18. The molecule has 0 saturated carbocycles. The molecule has 98 valence electrons. The van der Waals surface area contributed by atoms with Crippen molar-refractivity contribution in [3.8, 4) is 0 Å². The third kappa shape index (κ3) is 2.69. The first-order valence-electron chi connectivity index (χ1n) is 6.13. The van der Waals surface area contributed by atoms with Gasteiger partial charge in [-0.1, -0.05) is 0 Å². The Morgan fingerprint density at radius 2 is 2.00 bits per heavy atom. The Labute approximate surface area is 105 Å². The highest BCUT2D eigenvalue weighted by Crippen LogP contribution is 2.10. The van der Waals surface area contributed by atoms with Gasteiger partial charge in [0.05, 0.1) is 5.69 Å². The topological polar surface area (TPSA) is 75.4 Å². The van der Waals surface area contributed by atoms with Gasteiger partial charge in [0.1, 0.15) is 12.1 Å². The van der Waals surface area contributed by atoms with Crippen molar-refractivity contribution in [2.45, 2.75) is 32.7 Å². The standard InChI is InChI=1S/C12H17N3O3/c1-9-10(12(17)18)7-15(13-9)8-11(16)14-5-3-2-4-6-14/h7H,2-6,8H2,1H3,(H,17,18). The smallest absolute Gasteiger partial charge is 0.339 e. The second-order valence-corrected chi connectivity index (χ2v) is 4.57. The van der Waals surface area contributed by atoms with Crippen LogP contribution in [0.4, 0.5) is 0 Å². The molecule has 18 heavy (non-hydrogen) atoms. The first kappa shape index (κ1) is 12.6. The molecule has 0 aromatic carbocycles. The summed E-state index contributed by atoms with van der Waals surface area (Å²) in [5, 5.41) is 13.0. The number of amides is 1. The van der Waals surface area contributed by atoms with E-state index in [1.807, 2.05) is 4.90 Å². The van der Waals surface area contributed by atoms with Gasteiger partial charge in [0.25, 0.3) is 0 Å². The maximum Gasteiger partial charge on any atom is 0.339 e. The Hall–Kier alpha value is -1.85. The summed E-state index contributed by atoms with van der Waals surface area (Å²) in [6.45, 7) is 3.34. The number of aromatic nitrogens is 2. The molecule has 2 rings (SSSR count). The van der Waals surface area contributed by atoms with Gasteiger partial charge in [-0.05, 0) is 26.2 Å². The van der Waals surface area contributed by atoms with E-state index in [1.165, 1.54) is 17.3 Å². The van der Waals surface area contributed by atoms with E-state index >= 15 is 0 Å². The van der Waals surface area contributed by atoms with Crippen LogP contribution in [0.3, 0.4) is 0 Å². The Morgan fingerprint density at radius 3 is 2.56 bits per heavy atom. The van der Waals surface area contributed by atoms with E-state index in [4.69, 9.17) is 5.11 Å². The number of nitrogens with zero attached hydrogens (tertiary/aromatic N) is 3. The minimum absolute atomic E-state index is 0.00846. The Kier molecular flexibility index (Phi) is 3.64. The van der Waals surface area contributed by atoms with E-state index in [0.29, 0.717) is 5.69 Å². The third-order valence-electron chi connectivity index (χ3n) is 3.18. The van der Waals surface area contributed by atoms with Crippen molar-refractivity contribution in [2.75, 3.05) is 13.1 Å². The molecular weight excluding hydrogens is 234 g/mol. The Morgan fingerprint density at radius 1 is 1.33 bits per heavy atom. The number of carbonyl (C=O) groups is 2. The second-order valence-electron chi connectivity index (χ2n) is 4.57. The molecule has 0 bridgehead atoms. The molecule has 6 nitrogen and oxygen atoms in total. The van der Waals surface area contributed by atoms with Crippen LogP contribution in [-0.4, -0.2) is 44.8 Å². The minimum Gasteiger partial charge on any atom is -0.478 e. The molecule has 1 saturated heterocycles. The first-order chi connectivity index (χ1) is 8.58. The monoisotopic (exact) mass is 251 g/mol. The molecule has 0 aliphatic carbocycles. The molecule has 1 aliphatic heterocycles. The Balaban J connectivity index is 2.02. The van der Waals surface area contributed by atoms with Crippen molar-refractivity contribution in [3.05, 3.63) is 17.5 Å². The highest BCUT2D eigenvalue weighted by molar-refractivity contribution is 5.88. The predicted octanol–water partition coefficient (Wildman–Crippen LogP) is 0.902. The lowest BCUT2D eigenvalue weighted by atomic mass is 10.1. The molecule has 1 N–H and O–H groups in total. The molecular formula is C12H17N3O3. The maximum absolute atomic E-state index is 12.0. The number of aromatic carboxylic acids is 1. The number of aryl methyl sites for hydroxylation is 1. The molecule has 0 atom stereocenters. The summed E-state index contributed by atoms with van der Waals surface area (Å²) in [6.07, 6.45) is 4.68. The number of carboxylic acid groups (broad SMARTS) is 1. The number of piperidine rings is 1. The minimum atomic E-state index is -1.01. The number of rotatable bonds is 3. The second kappa shape index (κ2) is 5.20. The van der Waals surface area contributed by atoms with E-state index in [2.05, 4.69) is 5.10 Å². The molecule has 1 aliphatic rings. The van der Waals surface area contributed by atoms with Crippen LogP contribution in [0.15, 0.2) is 6.20 Å². The van der Waals surface area contributed by atoms with Crippen molar-refractivity contribution in [1.82, 2.24) is 14.7 Å². The summed E-state index contributed by atoms with van der Waals surface area (Å²) in [5.74, 6) is -1.00. The van der Waals surface area contributed by atoms with Crippen molar-refractivity contribution in [2.24, 2.45) is 0 Å². The van der Waals surface area contributed by atoms with Crippen LogP contribution in [-0.2, 0) is 11.3 Å². The number of likely N-dealkylation sites (tertiary alicyclic amines) is 1. The fourth-order valence-electron chi connectivity index (χ4n) is 2.19. The lowest BCUT2D eigenvalue weighted by Crippen LogP contribution is -2.37. The van der Waals surface area contributed by atoms with Gasteiger partial charge in [0.15, 0.2) is 0 Å². The molecule has 2 heterocycles. The number of carbonyl (C=O) groups excluding carboxylic acids is 1. The van der Waals surface area contributed by atoms with Gasteiger partial charge in [-0.25, -0.2) is 4.79 Å². The number of hydrogen-bond acceptors (Lipinski definition) is 3. The molecule has 0 unspecified atom stereocenters. The summed E-state index contributed by atoms with van der Waals surface area (Å²) in [5.41, 5.74) is 0.593. The zero-order valence-electron chi connectivity index (χ0n) is 10.4. The predicted molar refractivity (Wildman–Crippen MR) is 64.4 cm³/mol. The molecule has 0 radical (unpaired) electrons. The molecule has 1 aromatic heterocycles. The van der Waals surface area contributed by atoms with Gasteiger partial charge >= 0.3 is 5.97 Å². The van der Waals surface area contributed by atoms with Crippen molar-refractivity contribution < 1.29 is 14.7 Å². The first-order valence-corrected chi connectivity index (χ1v) is 6.13. The molecule has 1 aromatic rings. The molecule has 1 amide bonds. The van der Waals surface area contributed by atoms with Crippen molar-refractivity contribution in [3.63, 3.8) is 0 Å². The zero-order valence-corrected chi connectivity index (χ0v) is 10.4. The summed E-state index contributed by atoms with van der Waals surface area (Å²) in [6, 6.07) is 0. The van der Waals surface area contributed by atoms with Gasteiger partial charge in [0.2, 0.25) is 5.91 Å². The SMILES string of the molecule is Cc1nn(CC(=O)N2CCCCC2)cc1C(=O)O. The van der Waals surface area contributed by atoms with Crippen LogP contribution >= 0.6 is 0 Å². The average Bonchev–Trinajstić information content (AvgIpc) is 2.71. The summed E-state index contributed by atoms with van der Waals surface area (Å²) in [4.78, 5) is 24.7. The maximum atomic E-state index is 12.0. The van der Waals surface area contributed by atoms with E-state index in [0.717, 1.165) is 25.9 Å². The van der Waals surface area contributed by atoms with Crippen molar-refractivity contribution >= 4 is 11.9 Å². The van der Waals surface area contributed by atoms with E-state index in [1.54, 1.807) is 6.92 Å². The number of hydrogen-bond donors (Lipinski definition) is 1. The normalized spacial score (nSPS) is 15.7. The van der Waals surface area contributed by atoms with Gasteiger partial charge < -0.3 is 10.0 Å². The summed E-state index contributed by atoms with van der Waals surface area (Å²) < 4.78 is 1.41.